The van der Waals surface area contributed by atoms with Gasteiger partial charge in [-0.2, -0.15) is 13.2 Å². The monoisotopic (exact) mass is 563 g/mol. The molecule has 3 aromatic carbocycles. The Morgan fingerprint density at radius 1 is 0.854 bits per heavy atom. The van der Waals surface area contributed by atoms with Crippen LogP contribution in [0, 0.1) is 0 Å². The number of amides is 1. The van der Waals surface area contributed by atoms with Crippen molar-refractivity contribution in [2.24, 2.45) is 5.73 Å². The molecular weight excluding hydrogens is 535 g/mol. The maximum absolute atomic E-state index is 13.0. The number of alkyl halides is 3. The molecule has 0 unspecified atom stereocenters. The molecule has 0 saturated carbocycles. The molecule has 4 N–H and O–H groups in total. The first-order valence-corrected chi connectivity index (χ1v) is 13.3. The Bertz CT molecular complexity index is 1690. The number of benzene rings is 3. The second kappa shape index (κ2) is 10.8. The number of H-pyrrole nitrogens is 2. The van der Waals surface area contributed by atoms with Crippen LogP contribution < -0.4 is 15.4 Å². The highest BCUT2D eigenvalue weighted by Crippen LogP contribution is 2.30. The number of hydrogen-bond donors (Lipinski definition) is 3. The van der Waals surface area contributed by atoms with Gasteiger partial charge in [-0.3, -0.25) is 4.79 Å². The van der Waals surface area contributed by atoms with Crippen molar-refractivity contribution in [3.8, 4) is 28.5 Å². The number of anilines is 1. The predicted octanol–water partition coefficient (Wildman–Crippen LogP) is 5.06. The van der Waals surface area contributed by atoms with Gasteiger partial charge in [-0.1, -0.05) is 0 Å². The zero-order valence-electron chi connectivity index (χ0n) is 22.0. The summed E-state index contributed by atoms with van der Waals surface area (Å²) in [4.78, 5) is 29.5. The van der Waals surface area contributed by atoms with E-state index in [1.807, 2.05) is 65.6 Å². The van der Waals surface area contributed by atoms with Crippen LogP contribution in [0.3, 0.4) is 0 Å². The zero-order chi connectivity index (χ0) is 28.6. The number of ether oxygens (including phenoxy) is 1. The van der Waals surface area contributed by atoms with Crippen molar-refractivity contribution in [1.29, 1.82) is 0 Å². The van der Waals surface area contributed by atoms with E-state index < -0.39 is 6.30 Å². The number of nitrogens with two attached hydrogens (primary N) is 1. The van der Waals surface area contributed by atoms with Crippen LogP contribution >= 0.6 is 0 Å². The van der Waals surface area contributed by atoms with Gasteiger partial charge in [0, 0.05) is 49.4 Å². The van der Waals surface area contributed by atoms with Crippen LogP contribution in [0.4, 0.5) is 18.9 Å². The lowest BCUT2D eigenvalue weighted by Gasteiger charge is -2.36. The fourth-order valence-electron chi connectivity index (χ4n) is 4.99. The van der Waals surface area contributed by atoms with E-state index in [1.165, 1.54) is 0 Å². The zero-order valence-corrected chi connectivity index (χ0v) is 22.0. The Morgan fingerprint density at radius 3 is 2.12 bits per heavy atom. The number of piperazine rings is 1. The van der Waals surface area contributed by atoms with Crippen molar-refractivity contribution in [3.63, 3.8) is 0 Å². The summed E-state index contributed by atoms with van der Waals surface area (Å²) in [6.07, 6.45) is -3.43. The normalized spacial score (nSPS) is 14.7. The molecule has 0 spiro atoms. The van der Waals surface area contributed by atoms with E-state index in [4.69, 9.17) is 20.4 Å². The average molecular weight is 564 g/mol. The highest BCUT2D eigenvalue weighted by molar-refractivity contribution is 5.87. The van der Waals surface area contributed by atoms with Crippen LogP contribution in [0.5, 0.6) is 5.75 Å². The minimum atomic E-state index is -4.29. The summed E-state index contributed by atoms with van der Waals surface area (Å²) < 4.78 is 44.6. The fourth-order valence-corrected chi connectivity index (χ4v) is 4.99. The second-order valence-electron chi connectivity index (χ2n) is 9.99. The standard InChI is InChI=1S/C29H28F3N7O2/c30-29(31,32)39-13-11-38(12-14-39)20-6-10-23-25(17-20)37-28(35-23)19-5-9-22-24(16-19)36-27(34-22)18-3-7-21(8-4-18)41-15-1-2-26(33)40/h3-10,16-17H,1-2,11-15H2,(H2,33,40)(H,34,36)(H,35,37). The fraction of sp³-hybridized carbons (Fsp3) is 0.276. The molecule has 0 atom stereocenters. The molecule has 12 heteroatoms. The minimum absolute atomic E-state index is 0.0573. The van der Waals surface area contributed by atoms with E-state index in [1.54, 1.807) is 0 Å². The van der Waals surface area contributed by atoms with Crippen molar-refractivity contribution in [2.45, 2.75) is 19.1 Å². The highest BCUT2D eigenvalue weighted by Gasteiger charge is 2.38. The molecule has 1 fully saturated rings. The first kappa shape index (κ1) is 26.6. The molecule has 0 aliphatic carbocycles. The SMILES string of the molecule is NC(=O)CCCOc1ccc(-c2nc3ccc(-c4nc5ccc(N6CCN(C(F)(F)F)CC6)cc5[nH]4)cc3[nH]2)cc1. The number of hydrogen-bond acceptors (Lipinski definition) is 6. The Morgan fingerprint density at radius 2 is 1.46 bits per heavy atom. The molecule has 212 valence electrons. The molecule has 3 heterocycles. The molecule has 41 heavy (non-hydrogen) atoms. The van der Waals surface area contributed by atoms with Gasteiger partial charge in [-0.15, -0.1) is 0 Å². The van der Waals surface area contributed by atoms with Crippen molar-refractivity contribution in [1.82, 2.24) is 24.8 Å². The third-order valence-corrected chi connectivity index (χ3v) is 7.19. The van der Waals surface area contributed by atoms with Gasteiger partial charge >= 0.3 is 6.30 Å². The van der Waals surface area contributed by atoms with Gasteiger partial charge in [0.25, 0.3) is 0 Å². The van der Waals surface area contributed by atoms with E-state index in [9.17, 15) is 18.0 Å². The summed E-state index contributed by atoms with van der Waals surface area (Å²) in [5, 5.41) is 0. The molecule has 1 amide bonds. The van der Waals surface area contributed by atoms with Crippen molar-refractivity contribution < 1.29 is 22.7 Å². The number of aromatic nitrogens is 4. The molecule has 1 saturated heterocycles. The Kier molecular flexibility index (Phi) is 7.00. The first-order valence-electron chi connectivity index (χ1n) is 13.3. The van der Waals surface area contributed by atoms with Gasteiger partial charge in [0.2, 0.25) is 5.91 Å². The third-order valence-electron chi connectivity index (χ3n) is 7.19. The quantitative estimate of drug-likeness (QED) is 0.180. The summed E-state index contributed by atoms with van der Waals surface area (Å²) in [5.41, 5.74) is 11.1. The number of carbonyl (C=O) groups is 1. The van der Waals surface area contributed by atoms with E-state index in [-0.39, 0.29) is 19.0 Å². The largest absolute Gasteiger partial charge is 0.494 e. The van der Waals surface area contributed by atoms with E-state index >= 15 is 0 Å². The summed E-state index contributed by atoms with van der Waals surface area (Å²) >= 11 is 0. The molecule has 2 aromatic heterocycles. The molecular formula is C29H28F3N7O2. The molecule has 6 rings (SSSR count). The Hall–Kier alpha value is -4.58. The van der Waals surface area contributed by atoms with Crippen molar-refractivity contribution in [2.75, 3.05) is 37.7 Å². The van der Waals surface area contributed by atoms with Gasteiger partial charge in [0.15, 0.2) is 0 Å². The van der Waals surface area contributed by atoms with E-state index in [2.05, 4.69) is 9.97 Å². The summed E-state index contributed by atoms with van der Waals surface area (Å²) in [5.74, 6) is 1.77. The first-order chi connectivity index (χ1) is 19.7. The maximum atomic E-state index is 13.0. The van der Waals surface area contributed by atoms with Crippen LogP contribution in [-0.4, -0.2) is 69.8 Å². The second-order valence-corrected chi connectivity index (χ2v) is 9.99. The molecule has 0 radical (unpaired) electrons. The Balaban J connectivity index is 1.16. The maximum Gasteiger partial charge on any atom is 0.460 e. The molecule has 0 bridgehead atoms. The van der Waals surface area contributed by atoms with Crippen LogP contribution in [-0.2, 0) is 4.79 Å². The van der Waals surface area contributed by atoms with E-state index in [0.717, 1.165) is 44.7 Å². The van der Waals surface area contributed by atoms with E-state index in [0.29, 0.717) is 49.0 Å². The smallest absolute Gasteiger partial charge is 0.460 e. The number of aromatic amines is 2. The van der Waals surface area contributed by atoms with Gasteiger partial charge in [-0.25, -0.2) is 14.9 Å². The molecule has 5 aromatic rings. The number of fused-ring (bicyclic) bond motifs is 2. The number of nitrogens with zero attached hydrogens (tertiary/aromatic N) is 4. The summed E-state index contributed by atoms with van der Waals surface area (Å²) in [6, 6.07) is 19.1. The van der Waals surface area contributed by atoms with Crippen molar-refractivity contribution >= 4 is 33.7 Å². The molecule has 1 aliphatic heterocycles. The minimum Gasteiger partial charge on any atom is -0.494 e. The average Bonchev–Trinajstić information content (AvgIpc) is 3.59. The van der Waals surface area contributed by atoms with Gasteiger partial charge in [0.05, 0.1) is 28.7 Å². The number of halogens is 3. The summed E-state index contributed by atoms with van der Waals surface area (Å²) in [6.45, 7) is 0.906. The van der Waals surface area contributed by atoms with Crippen molar-refractivity contribution in [3.05, 3.63) is 60.7 Å². The van der Waals surface area contributed by atoms with Crippen LogP contribution in [0.1, 0.15) is 12.8 Å². The number of nitrogens with one attached hydrogen (secondary N) is 2. The number of rotatable bonds is 8. The molecule has 9 nitrogen and oxygen atoms in total. The van der Waals surface area contributed by atoms with Gasteiger partial charge in [0.1, 0.15) is 17.4 Å². The summed E-state index contributed by atoms with van der Waals surface area (Å²) in [7, 11) is 0. The number of carbonyl (C=O) groups excluding carboxylic acids is 1. The Labute approximate surface area is 233 Å². The van der Waals surface area contributed by atoms with Crippen LogP contribution in [0.25, 0.3) is 44.8 Å². The van der Waals surface area contributed by atoms with Crippen LogP contribution in [0.15, 0.2) is 60.7 Å². The van der Waals surface area contributed by atoms with Crippen LogP contribution in [0.2, 0.25) is 0 Å². The predicted molar refractivity (Wildman–Crippen MR) is 150 cm³/mol. The molecule has 1 aliphatic rings. The van der Waals surface area contributed by atoms with Gasteiger partial charge in [-0.05, 0) is 67.1 Å². The number of imidazole rings is 2. The third kappa shape index (κ3) is 5.82. The lowest BCUT2D eigenvalue weighted by atomic mass is 10.2. The topological polar surface area (TPSA) is 116 Å². The lowest BCUT2D eigenvalue weighted by molar-refractivity contribution is -0.246. The highest BCUT2D eigenvalue weighted by atomic mass is 19.4. The van der Waals surface area contributed by atoms with Gasteiger partial charge < -0.3 is 25.3 Å². The number of primary amides is 1. The lowest BCUT2D eigenvalue weighted by Crippen LogP contribution is -2.51.